The van der Waals surface area contributed by atoms with Crippen LogP contribution in [0.4, 0.5) is 4.39 Å². The molecule has 7 heteroatoms. The largest absolute Gasteiger partial charge is 0.337 e. The predicted octanol–water partition coefficient (Wildman–Crippen LogP) is 3.33. The number of likely N-dealkylation sites (N-methyl/N-ethyl adjacent to an activating group) is 1. The molecule has 1 aromatic carbocycles. The molecule has 3 aromatic rings. The summed E-state index contributed by atoms with van der Waals surface area (Å²) in [6.45, 7) is 7.64. The summed E-state index contributed by atoms with van der Waals surface area (Å²) >= 11 is 0. The molecule has 2 aromatic heterocycles. The number of pyridine rings is 1. The van der Waals surface area contributed by atoms with Crippen molar-refractivity contribution in [1.29, 1.82) is 0 Å². The van der Waals surface area contributed by atoms with E-state index in [1.54, 1.807) is 23.0 Å². The van der Waals surface area contributed by atoms with Gasteiger partial charge in [-0.1, -0.05) is 13.8 Å². The van der Waals surface area contributed by atoms with Crippen LogP contribution in [0.15, 0.2) is 36.7 Å². The Morgan fingerprint density at radius 1 is 1.28 bits per heavy atom. The van der Waals surface area contributed by atoms with E-state index < -0.39 is 0 Å². The number of likely N-dealkylation sites (tertiary alicyclic amines) is 1. The van der Waals surface area contributed by atoms with Crippen LogP contribution in [0.25, 0.3) is 22.2 Å². The second-order valence-electron chi connectivity index (χ2n) is 7.53. The number of rotatable bonds is 5. The van der Waals surface area contributed by atoms with Crippen LogP contribution in [0.5, 0.6) is 0 Å². The first-order chi connectivity index (χ1) is 14.0. The Morgan fingerprint density at radius 3 is 2.76 bits per heavy atom. The molecule has 29 heavy (non-hydrogen) atoms. The molecular weight excluding hydrogens is 369 g/mol. The highest BCUT2D eigenvalue weighted by atomic mass is 19.1. The van der Waals surface area contributed by atoms with Crippen molar-refractivity contribution in [3.63, 3.8) is 0 Å². The minimum absolute atomic E-state index is 0.0669. The molecular formula is C22H26FN5O. The second-order valence-corrected chi connectivity index (χ2v) is 7.53. The number of hydrogen-bond acceptors (Lipinski definition) is 4. The summed E-state index contributed by atoms with van der Waals surface area (Å²) in [5, 5.41) is 4.75. The fraction of sp³-hybridized carbons (Fsp3) is 0.409. The molecule has 4 rings (SSSR count). The normalized spacial score (nSPS) is 16.9. The van der Waals surface area contributed by atoms with Crippen LogP contribution in [-0.2, 0) is 7.05 Å². The molecule has 0 bridgehead atoms. The third-order valence-corrected chi connectivity index (χ3v) is 5.78. The first kappa shape index (κ1) is 19.5. The number of halogens is 1. The number of carbonyl (C=O) groups excluding carboxylic acids is 1. The van der Waals surface area contributed by atoms with Crippen LogP contribution in [0, 0.1) is 5.82 Å². The smallest absolute Gasteiger partial charge is 0.254 e. The molecule has 152 valence electrons. The van der Waals surface area contributed by atoms with Gasteiger partial charge in [0.2, 0.25) is 0 Å². The average Bonchev–Trinajstić information content (AvgIpc) is 3.37. The molecule has 1 amide bonds. The minimum atomic E-state index is -0.370. The lowest BCUT2D eigenvalue weighted by Gasteiger charge is -2.26. The molecule has 1 atom stereocenters. The van der Waals surface area contributed by atoms with E-state index in [9.17, 15) is 9.18 Å². The maximum absolute atomic E-state index is 14.0. The highest BCUT2D eigenvalue weighted by Gasteiger charge is 2.30. The molecule has 3 heterocycles. The van der Waals surface area contributed by atoms with Crippen molar-refractivity contribution in [3.05, 3.63) is 48.0 Å². The van der Waals surface area contributed by atoms with Crippen molar-refractivity contribution in [3.8, 4) is 11.3 Å². The summed E-state index contributed by atoms with van der Waals surface area (Å²) in [5.74, 6) is -0.437. The van der Waals surface area contributed by atoms with Crippen LogP contribution < -0.4 is 0 Å². The zero-order valence-electron chi connectivity index (χ0n) is 17.1. The monoisotopic (exact) mass is 395 g/mol. The number of benzene rings is 1. The Balaban J connectivity index is 1.73. The lowest BCUT2D eigenvalue weighted by atomic mass is 10.0. The van der Waals surface area contributed by atoms with Gasteiger partial charge in [0.15, 0.2) is 0 Å². The minimum Gasteiger partial charge on any atom is -0.337 e. The number of fused-ring (bicyclic) bond motifs is 1. The van der Waals surface area contributed by atoms with Crippen LogP contribution in [0.3, 0.4) is 0 Å². The van der Waals surface area contributed by atoms with Crippen molar-refractivity contribution in [2.75, 3.05) is 26.2 Å². The zero-order valence-corrected chi connectivity index (χ0v) is 17.1. The summed E-state index contributed by atoms with van der Waals surface area (Å²) < 4.78 is 15.7. The van der Waals surface area contributed by atoms with Gasteiger partial charge in [-0.3, -0.25) is 14.4 Å². The molecule has 1 saturated heterocycles. The molecule has 0 N–H and O–H groups in total. The van der Waals surface area contributed by atoms with Crippen molar-refractivity contribution in [2.45, 2.75) is 26.3 Å². The quantitative estimate of drug-likeness (QED) is 0.665. The fourth-order valence-corrected chi connectivity index (χ4v) is 4.21. The Hall–Kier alpha value is -2.80. The highest BCUT2D eigenvalue weighted by molar-refractivity contribution is 6.07. The predicted molar refractivity (Wildman–Crippen MR) is 111 cm³/mol. The summed E-state index contributed by atoms with van der Waals surface area (Å²) in [6.07, 6.45) is 4.54. The van der Waals surface area contributed by atoms with Gasteiger partial charge in [-0.15, -0.1) is 0 Å². The van der Waals surface area contributed by atoms with Gasteiger partial charge in [0.1, 0.15) is 5.82 Å². The van der Waals surface area contributed by atoms with Crippen molar-refractivity contribution >= 4 is 16.8 Å². The van der Waals surface area contributed by atoms with E-state index in [4.69, 9.17) is 0 Å². The molecule has 1 fully saturated rings. The van der Waals surface area contributed by atoms with Crippen molar-refractivity contribution < 1.29 is 9.18 Å². The highest BCUT2D eigenvalue weighted by Crippen LogP contribution is 2.28. The van der Waals surface area contributed by atoms with Crippen LogP contribution in [0.1, 0.15) is 30.6 Å². The number of nitrogens with zero attached hydrogens (tertiary/aromatic N) is 5. The fourth-order valence-electron chi connectivity index (χ4n) is 4.21. The van der Waals surface area contributed by atoms with Gasteiger partial charge >= 0.3 is 0 Å². The van der Waals surface area contributed by atoms with E-state index in [0.29, 0.717) is 41.3 Å². The summed E-state index contributed by atoms with van der Waals surface area (Å²) in [5.41, 5.74) is 2.60. The van der Waals surface area contributed by atoms with Gasteiger partial charge in [0.05, 0.1) is 23.0 Å². The maximum Gasteiger partial charge on any atom is 0.254 e. The van der Waals surface area contributed by atoms with Gasteiger partial charge in [-0.2, -0.15) is 5.10 Å². The van der Waals surface area contributed by atoms with Gasteiger partial charge < -0.3 is 4.90 Å². The molecule has 6 nitrogen and oxygen atoms in total. The summed E-state index contributed by atoms with van der Waals surface area (Å²) in [6, 6.07) is 6.55. The first-order valence-electron chi connectivity index (χ1n) is 10.1. The van der Waals surface area contributed by atoms with E-state index in [0.717, 1.165) is 25.1 Å². The van der Waals surface area contributed by atoms with Crippen LogP contribution >= 0.6 is 0 Å². The molecule has 1 aliphatic rings. The Kier molecular flexibility index (Phi) is 5.32. The average molecular weight is 395 g/mol. The third-order valence-electron chi connectivity index (χ3n) is 5.78. The topological polar surface area (TPSA) is 54.3 Å². The first-order valence-corrected chi connectivity index (χ1v) is 10.1. The van der Waals surface area contributed by atoms with Crippen LogP contribution in [-0.4, -0.2) is 62.7 Å². The SMILES string of the molecule is CCN(CC)[C@H]1CCN(C(=O)c2cc(-c3cnn(C)c3)nc3ccc(F)cc23)C1. The molecule has 0 aliphatic carbocycles. The Morgan fingerprint density at radius 2 is 2.07 bits per heavy atom. The standard InChI is InChI=1S/C22H26FN5O/c1-4-27(5-2)17-8-9-28(14-17)22(29)19-11-21(15-12-24-26(3)13-15)25-20-7-6-16(23)10-18(19)20/h6-7,10-13,17H,4-5,8-9,14H2,1-3H3/t17-/m0/s1. The number of amides is 1. The van der Waals surface area contributed by atoms with E-state index in [1.807, 2.05) is 18.1 Å². The number of aryl methyl sites for hydroxylation is 1. The third kappa shape index (κ3) is 3.74. The van der Waals surface area contributed by atoms with Crippen molar-refractivity contribution in [2.24, 2.45) is 7.05 Å². The molecule has 0 spiro atoms. The molecule has 0 unspecified atom stereocenters. The van der Waals surface area contributed by atoms with E-state index in [1.165, 1.54) is 12.1 Å². The van der Waals surface area contributed by atoms with E-state index in [2.05, 4.69) is 28.8 Å². The lowest BCUT2D eigenvalue weighted by molar-refractivity contribution is 0.0780. The summed E-state index contributed by atoms with van der Waals surface area (Å²) in [4.78, 5) is 22.4. The van der Waals surface area contributed by atoms with Gasteiger partial charge in [0, 0.05) is 43.3 Å². The Bertz CT molecular complexity index is 1040. The number of carbonyl (C=O) groups is 1. The number of hydrogen-bond donors (Lipinski definition) is 0. The maximum atomic E-state index is 14.0. The zero-order chi connectivity index (χ0) is 20.5. The van der Waals surface area contributed by atoms with Crippen molar-refractivity contribution in [1.82, 2.24) is 24.6 Å². The molecule has 1 aliphatic heterocycles. The van der Waals surface area contributed by atoms with Gasteiger partial charge in [0.25, 0.3) is 5.91 Å². The molecule has 0 radical (unpaired) electrons. The lowest BCUT2D eigenvalue weighted by Crippen LogP contribution is -2.38. The van der Waals surface area contributed by atoms with Crippen LogP contribution in [0.2, 0.25) is 0 Å². The Labute approximate surface area is 169 Å². The van der Waals surface area contributed by atoms with Gasteiger partial charge in [-0.05, 0) is 43.8 Å². The number of aromatic nitrogens is 3. The molecule has 0 saturated carbocycles. The van der Waals surface area contributed by atoms with Gasteiger partial charge in [-0.25, -0.2) is 9.37 Å². The summed E-state index contributed by atoms with van der Waals surface area (Å²) in [7, 11) is 1.84. The van der Waals surface area contributed by atoms with E-state index >= 15 is 0 Å². The van der Waals surface area contributed by atoms with E-state index in [-0.39, 0.29) is 11.7 Å². The second kappa shape index (κ2) is 7.91.